The van der Waals surface area contributed by atoms with Crippen LogP contribution in [-0.4, -0.2) is 12.5 Å². The number of rotatable bonds is 6. The predicted octanol–water partition coefficient (Wildman–Crippen LogP) is 5.13. The van der Waals surface area contributed by atoms with E-state index in [0.717, 1.165) is 0 Å². The highest BCUT2D eigenvalue weighted by Crippen LogP contribution is 2.32. The topological polar surface area (TPSA) is 24.1 Å². The van der Waals surface area contributed by atoms with E-state index in [1.165, 1.54) is 22.3 Å². The van der Waals surface area contributed by atoms with Gasteiger partial charge in [0, 0.05) is 11.2 Å². The lowest BCUT2D eigenvalue weighted by molar-refractivity contribution is 0.521. The van der Waals surface area contributed by atoms with Gasteiger partial charge in [0.2, 0.25) is 0 Å². The number of anilines is 1. The third-order valence-corrected chi connectivity index (χ3v) is 4.37. The minimum Gasteiger partial charge on any atom is -0.410 e. The SMILES string of the molecule is CC(C)c1cccc(C(C)C)c1NB(NC(C)(C)C)c1ccccc1. The van der Waals surface area contributed by atoms with Crippen molar-refractivity contribution in [1.29, 1.82) is 0 Å². The lowest BCUT2D eigenvalue weighted by atomic mass is 9.65. The van der Waals surface area contributed by atoms with E-state index in [9.17, 15) is 0 Å². The van der Waals surface area contributed by atoms with Crippen LogP contribution in [0.3, 0.4) is 0 Å². The Morgan fingerprint density at radius 2 is 1.28 bits per heavy atom. The van der Waals surface area contributed by atoms with Crippen LogP contribution in [0.4, 0.5) is 5.69 Å². The van der Waals surface area contributed by atoms with Crippen molar-refractivity contribution in [2.24, 2.45) is 0 Å². The molecule has 0 amide bonds. The first kappa shape index (κ1) is 19.6. The first-order chi connectivity index (χ1) is 11.7. The van der Waals surface area contributed by atoms with Gasteiger partial charge in [-0.3, -0.25) is 0 Å². The molecule has 2 aromatic carbocycles. The number of hydrogen-bond donors (Lipinski definition) is 2. The van der Waals surface area contributed by atoms with E-state index >= 15 is 0 Å². The molecular formula is C22H33BN2. The Kier molecular flexibility index (Phi) is 6.34. The zero-order valence-electron chi connectivity index (χ0n) is 16.9. The summed E-state index contributed by atoms with van der Waals surface area (Å²) in [5, 5.41) is 7.58. The van der Waals surface area contributed by atoms with Crippen molar-refractivity contribution >= 4 is 18.1 Å². The summed E-state index contributed by atoms with van der Waals surface area (Å²) in [5.41, 5.74) is 5.30. The maximum Gasteiger partial charge on any atom is 0.373 e. The fourth-order valence-corrected chi connectivity index (χ4v) is 3.14. The molecule has 25 heavy (non-hydrogen) atoms. The number of para-hydroxylation sites is 1. The monoisotopic (exact) mass is 336 g/mol. The van der Waals surface area contributed by atoms with Crippen LogP contribution in [0.25, 0.3) is 0 Å². The smallest absolute Gasteiger partial charge is 0.373 e. The second-order valence-electron chi connectivity index (χ2n) is 8.50. The molecule has 0 aromatic heterocycles. The lowest BCUT2D eigenvalue weighted by Gasteiger charge is -2.30. The Morgan fingerprint density at radius 3 is 1.72 bits per heavy atom. The minimum atomic E-state index is 0.0122. The predicted molar refractivity (Wildman–Crippen MR) is 113 cm³/mol. The number of benzene rings is 2. The fourth-order valence-electron chi connectivity index (χ4n) is 3.14. The molecule has 0 heterocycles. The maximum absolute atomic E-state index is 3.84. The van der Waals surface area contributed by atoms with Gasteiger partial charge in [-0.25, -0.2) is 0 Å². The summed E-state index contributed by atoms with van der Waals surface area (Å²) >= 11 is 0. The Morgan fingerprint density at radius 1 is 0.760 bits per heavy atom. The molecule has 0 saturated heterocycles. The van der Waals surface area contributed by atoms with E-state index in [4.69, 9.17) is 0 Å². The molecule has 0 bridgehead atoms. The first-order valence-electron chi connectivity index (χ1n) is 9.41. The molecule has 2 nitrogen and oxygen atoms in total. The van der Waals surface area contributed by atoms with Gasteiger partial charge in [-0.1, -0.05) is 76.2 Å². The van der Waals surface area contributed by atoms with Crippen molar-refractivity contribution in [1.82, 2.24) is 5.23 Å². The summed E-state index contributed by atoms with van der Waals surface area (Å²) in [5.74, 6) is 0.958. The van der Waals surface area contributed by atoms with E-state index in [1.807, 2.05) is 0 Å². The Labute approximate surface area is 154 Å². The second kappa shape index (κ2) is 8.10. The molecule has 0 spiro atoms. The molecule has 0 aliphatic carbocycles. The van der Waals surface area contributed by atoms with Crippen LogP contribution in [0.5, 0.6) is 0 Å². The van der Waals surface area contributed by atoms with Crippen LogP contribution in [0, 0.1) is 0 Å². The zero-order chi connectivity index (χ0) is 18.6. The lowest BCUT2D eigenvalue weighted by Crippen LogP contribution is -2.58. The highest BCUT2D eigenvalue weighted by Gasteiger charge is 2.26. The average Bonchev–Trinajstić information content (AvgIpc) is 2.53. The van der Waals surface area contributed by atoms with E-state index < -0.39 is 0 Å². The average molecular weight is 336 g/mol. The molecule has 2 N–H and O–H groups in total. The molecule has 3 heteroatoms. The molecule has 0 aliphatic rings. The molecule has 0 aliphatic heterocycles. The van der Waals surface area contributed by atoms with Gasteiger partial charge in [0.05, 0.1) is 0 Å². The summed E-state index contributed by atoms with van der Waals surface area (Å²) in [6.07, 6.45) is 0. The molecule has 2 rings (SSSR count). The number of nitrogens with one attached hydrogen (secondary N) is 2. The van der Waals surface area contributed by atoms with Gasteiger partial charge >= 0.3 is 6.98 Å². The zero-order valence-corrected chi connectivity index (χ0v) is 16.9. The van der Waals surface area contributed by atoms with Gasteiger partial charge in [-0.05, 0) is 49.2 Å². The third kappa shape index (κ3) is 5.37. The highest BCUT2D eigenvalue weighted by molar-refractivity contribution is 6.74. The molecule has 0 radical (unpaired) electrons. The van der Waals surface area contributed by atoms with Crippen LogP contribution in [0.1, 0.15) is 71.4 Å². The standard InChI is InChI=1S/C22H33BN2/c1-16(2)19-14-11-15-20(17(3)4)21(19)24-23(25-22(5,6)7)18-12-9-8-10-13-18/h8-17,24-25H,1-7H3. The Balaban J connectivity index is 2.48. The van der Waals surface area contributed by atoms with E-state index in [-0.39, 0.29) is 12.5 Å². The highest BCUT2D eigenvalue weighted by atomic mass is 15.0. The van der Waals surface area contributed by atoms with Crippen LogP contribution in [0.15, 0.2) is 48.5 Å². The molecule has 2 aromatic rings. The molecule has 0 fully saturated rings. The van der Waals surface area contributed by atoms with Crippen LogP contribution < -0.4 is 15.9 Å². The van der Waals surface area contributed by atoms with E-state index in [0.29, 0.717) is 11.8 Å². The van der Waals surface area contributed by atoms with Crippen molar-refractivity contribution < 1.29 is 0 Å². The van der Waals surface area contributed by atoms with Gasteiger partial charge in [-0.15, -0.1) is 0 Å². The molecule has 0 atom stereocenters. The normalized spacial score (nSPS) is 11.9. The van der Waals surface area contributed by atoms with Crippen molar-refractivity contribution in [2.45, 2.75) is 65.8 Å². The Hall–Kier alpha value is -1.74. The molecular weight excluding hydrogens is 303 g/mol. The summed E-state index contributed by atoms with van der Waals surface area (Å²) in [4.78, 5) is 0. The van der Waals surface area contributed by atoms with E-state index in [1.54, 1.807) is 0 Å². The van der Waals surface area contributed by atoms with E-state index in [2.05, 4.69) is 107 Å². The van der Waals surface area contributed by atoms with Gasteiger partial charge < -0.3 is 10.5 Å². The van der Waals surface area contributed by atoms with Crippen LogP contribution in [-0.2, 0) is 0 Å². The van der Waals surface area contributed by atoms with Gasteiger partial charge in [-0.2, -0.15) is 0 Å². The van der Waals surface area contributed by atoms with Gasteiger partial charge in [0.25, 0.3) is 0 Å². The second-order valence-corrected chi connectivity index (χ2v) is 8.50. The summed E-state index contributed by atoms with van der Waals surface area (Å²) in [6.45, 7) is 15.8. The van der Waals surface area contributed by atoms with Crippen molar-refractivity contribution in [3.8, 4) is 0 Å². The van der Waals surface area contributed by atoms with Crippen LogP contribution in [0.2, 0.25) is 0 Å². The summed E-state index contributed by atoms with van der Waals surface area (Å²) in [6, 6.07) is 17.3. The van der Waals surface area contributed by atoms with Crippen molar-refractivity contribution in [2.75, 3.05) is 5.23 Å². The van der Waals surface area contributed by atoms with Crippen molar-refractivity contribution in [3.63, 3.8) is 0 Å². The minimum absolute atomic E-state index is 0.0122. The molecule has 0 unspecified atom stereocenters. The number of hydrogen-bond acceptors (Lipinski definition) is 2. The third-order valence-electron chi connectivity index (χ3n) is 4.37. The molecule has 134 valence electrons. The van der Waals surface area contributed by atoms with Gasteiger partial charge in [0.1, 0.15) is 0 Å². The van der Waals surface area contributed by atoms with Crippen LogP contribution >= 0.6 is 0 Å². The quantitative estimate of drug-likeness (QED) is 0.715. The largest absolute Gasteiger partial charge is 0.410 e. The van der Waals surface area contributed by atoms with Crippen molar-refractivity contribution in [3.05, 3.63) is 59.7 Å². The summed E-state index contributed by atoms with van der Waals surface area (Å²) < 4.78 is 0. The maximum atomic E-state index is 3.84. The first-order valence-corrected chi connectivity index (χ1v) is 9.41. The fraction of sp³-hybridized carbons (Fsp3) is 0.455. The van der Waals surface area contributed by atoms with Gasteiger partial charge in [0.15, 0.2) is 0 Å². The molecule has 0 saturated carbocycles. The Bertz CT molecular complexity index is 646. The summed E-state index contributed by atoms with van der Waals surface area (Å²) in [7, 11) is 0.